The smallest absolute Gasteiger partial charge is 0.326 e. The fourth-order valence-electron chi connectivity index (χ4n) is 4.16. The molecule has 5 unspecified atom stereocenters. The second kappa shape index (κ2) is 15.4. The molecule has 5 amide bonds. The Hall–Kier alpha value is -4.46. The van der Waals surface area contributed by atoms with E-state index in [1.807, 2.05) is 25.1 Å². The number of aromatic amines is 1. The number of amides is 5. The van der Waals surface area contributed by atoms with Crippen LogP contribution in [0, 0.1) is 5.92 Å². The number of benzene rings is 1. The number of aromatic nitrogens is 1. The van der Waals surface area contributed by atoms with E-state index in [-0.39, 0.29) is 38.0 Å². The van der Waals surface area contributed by atoms with Crippen molar-refractivity contribution in [2.45, 2.75) is 76.5 Å². The van der Waals surface area contributed by atoms with E-state index in [1.165, 1.54) is 0 Å². The summed E-state index contributed by atoms with van der Waals surface area (Å²) >= 11 is 0. The molecule has 1 aromatic heterocycles. The standard InChI is InChI=1S/C27H39N7O7/c1-3-14(2)23(30)26(39)33-19(9-11-22(29)36)24(37)32-18(8-10-21(28)35)25(38)34-20(27(40)41)12-15-13-31-17-7-5-4-6-16(15)17/h4-7,13-14,18-20,23,31H,3,8-12,30H2,1-2H3,(H2,28,35)(H2,29,36)(H,32,37)(H,33,39)(H,34,38)(H,40,41). The molecule has 0 spiro atoms. The van der Waals surface area contributed by atoms with E-state index in [0.717, 1.165) is 10.9 Å². The maximum absolute atomic E-state index is 13.2. The molecule has 5 atom stereocenters. The SMILES string of the molecule is CCC(C)C(N)C(=O)NC(CCC(N)=O)C(=O)NC(CCC(N)=O)C(=O)NC(Cc1c[nH]c2ccccc12)C(=O)O. The number of hydrogen-bond donors (Lipinski definition) is 8. The molecule has 11 N–H and O–H groups in total. The number of rotatable bonds is 17. The summed E-state index contributed by atoms with van der Waals surface area (Å²) in [4.78, 5) is 77.0. The van der Waals surface area contributed by atoms with Crippen LogP contribution in [0.25, 0.3) is 10.9 Å². The first kappa shape index (κ1) is 32.8. The average molecular weight is 574 g/mol. The molecule has 0 saturated carbocycles. The fourth-order valence-corrected chi connectivity index (χ4v) is 4.16. The van der Waals surface area contributed by atoms with Crippen molar-refractivity contribution in [1.82, 2.24) is 20.9 Å². The number of primary amides is 2. The number of nitrogens with one attached hydrogen (secondary N) is 4. The third-order valence-corrected chi connectivity index (χ3v) is 6.90. The number of aliphatic carboxylic acids is 1. The zero-order valence-corrected chi connectivity index (χ0v) is 23.1. The van der Waals surface area contributed by atoms with Gasteiger partial charge >= 0.3 is 5.97 Å². The monoisotopic (exact) mass is 573 g/mol. The number of nitrogens with two attached hydrogens (primary N) is 3. The summed E-state index contributed by atoms with van der Waals surface area (Å²) in [7, 11) is 0. The predicted octanol–water partition coefficient (Wildman–Crippen LogP) is -0.846. The molecule has 2 rings (SSSR count). The molecule has 1 aromatic carbocycles. The van der Waals surface area contributed by atoms with Crippen molar-refractivity contribution in [3.8, 4) is 0 Å². The van der Waals surface area contributed by atoms with E-state index in [0.29, 0.717) is 12.0 Å². The molecule has 224 valence electrons. The first-order valence-electron chi connectivity index (χ1n) is 13.3. The van der Waals surface area contributed by atoms with Gasteiger partial charge in [0.2, 0.25) is 29.5 Å². The third kappa shape index (κ3) is 9.90. The molecule has 2 aromatic rings. The van der Waals surface area contributed by atoms with E-state index in [2.05, 4.69) is 20.9 Å². The predicted molar refractivity (Wildman–Crippen MR) is 150 cm³/mol. The summed E-state index contributed by atoms with van der Waals surface area (Å²) < 4.78 is 0. The van der Waals surface area contributed by atoms with Gasteiger partial charge in [-0.1, -0.05) is 38.5 Å². The Bertz CT molecular complexity index is 1260. The molecule has 0 aliphatic heterocycles. The van der Waals surface area contributed by atoms with Gasteiger partial charge in [0.15, 0.2) is 0 Å². The van der Waals surface area contributed by atoms with Crippen LogP contribution in [0.4, 0.5) is 0 Å². The van der Waals surface area contributed by atoms with Gasteiger partial charge in [0.05, 0.1) is 6.04 Å². The van der Waals surface area contributed by atoms with Crippen LogP contribution in [0.2, 0.25) is 0 Å². The number of carbonyl (C=O) groups is 6. The minimum absolute atomic E-state index is 0.0631. The molecule has 0 radical (unpaired) electrons. The van der Waals surface area contributed by atoms with E-state index in [1.54, 1.807) is 19.2 Å². The second-order valence-electron chi connectivity index (χ2n) is 10.0. The number of para-hydroxylation sites is 1. The summed E-state index contributed by atoms with van der Waals surface area (Å²) in [6.45, 7) is 3.61. The Labute approximate surface area is 237 Å². The molecule has 0 aliphatic carbocycles. The summed E-state index contributed by atoms with van der Waals surface area (Å²) in [5, 5.41) is 18.0. The Morgan fingerprint density at radius 3 is 1.88 bits per heavy atom. The fraction of sp³-hybridized carbons (Fsp3) is 0.481. The molecule has 1 heterocycles. The zero-order chi connectivity index (χ0) is 30.7. The Morgan fingerprint density at radius 2 is 1.37 bits per heavy atom. The highest BCUT2D eigenvalue weighted by atomic mass is 16.4. The van der Waals surface area contributed by atoms with Crippen molar-refractivity contribution < 1.29 is 33.9 Å². The van der Waals surface area contributed by atoms with E-state index in [9.17, 15) is 33.9 Å². The van der Waals surface area contributed by atoms with Crippen LogP contribution in [-0.4, -0.2) is 69.8 Å². The van der Waals surface area contributed by atoms with Crippen LogP contribution in [0.5, 0.6) is 0 Å². The van der Waals surface area contributed by atoms with Crippen LogP contribution < -0.4 is 33.2 Å². The van der Waals surface area contributed by atoms with Gasteiger partial charge in [0.1, 0.15) is 18.1 Å². The van der Waals surface area contributed by atoms with Gasteiger partial charge in [-0.3, -0.25) is 24.0 Å². The van der Waals surface area contributed by atoms with Crippen molar-refractivity contribution in [2.24, 2.45) is 23.1 Å². The van der Waals surface area contributed by atoms with E-state index in [4.69, 9.17) is 17.2 Å². The topological polar surface area (TPSA) is 253 Å². The zero-order valence-electron chi connectivity index (χ0n) is 23.1. The Kier molecular flexibility index (Phi) is 12.3. The Morgan fingerprint density at radius 1 is 0.854 bits per heavy atom. The van der Waals surface area contributed by atoms with E-state index >= 15 is 0 Å². The minimum atomic E-state index is -1.38. The molecular formula is C27H39N7O7. The summed E-state index contributed by atoms with van der Waals surface area (Å²) in [6, 6.07) is 2.30. The third-order valence-electron chi connectivity index (χ3n) is 6.90. The van der Waals surface area contributed by atoms with Crippen molar-refractivity contribution in [3.63, 3.8) is 0 Å². The van der Waals surface area contributed by atoms with Gasteiger partial charge in [-0.05, 0) is 30.4 Å². The Balaban J connectivity index is 2.22. The quantitative estimate of drug-likeness (QED) is 0.118. The van der Waals surface area contributed by atoms with Gasteiger partial charge in [0, 0.05) is 36.4 Å². The van der Waals surface area contributed by atoms with Crippen molar-refractivity contribution in [2.75, 3.05) is 0 Å². The van der Waals surface area contributed by atoms with Crippen LogP contribution in [-0.2, 0) is 35.2 Å². The first-order chi connectivity index (χ1) is 19.3. The molecule has 0 saturated heterocycles. The number of carbonyl (C=O) groups excluding carboxylic acids is 5. The molecule has 0 fully saturated rings. The summed E-state index contributed by atoms with van der Waals surface area (Å²) in [5.74, 6) is -5.32. The maximum Gasteiger partial charge on any atom is 0.326 e. The maximum atomic E-state index is 13.2. The van der Waals surface area contributed by atoms with Gasteiger partial charge in [-0.2, -0.15) is 0 Å². The summed E-state index contributed by atoms with van der Waals surface area (Å²) in [6.07, 6.45) is 1.22. The number of carboxylic acid groups (broad SMARTS) is 1. The van der Waals surface area contributed by atoms with Crippen LogP contribution in [0.1, 0.15) is 51.5 Å². The molecule has 14 heteroatoms. The molecule has 0 aliphatic rings. The molecule has 41 heavy (non-hydrogen) atoms. The van der Waals surface area contributed by atoms with Crippen LogP contribution in [0.3, 0.4) is 0 Å². The highest BCUT2D eigenvalue weighted by Gasteiger charge is 2.31. The lowest BCUT2D eigenvalue weighted by atomic mass is 9.98. The number of H-pyrrole nitrogens is 1. The summed E-state index contributed by atoms with van der Waals surface area (Å²) in [5.41, 5.74) is 17.9. The van der Waals surface area contributed by atoms with Crippen molar-refractivity contribution in [3.05, 3.63) is 36.0 Å². The lowest BCUT2D eigenvalue weighted by Gasteiger charge is -2.26. The average Bonchev–Trinajstić information content (AvgIpc) is 3.33. The second-order valence-corrected chi connectivity index (χ2v) is 10.0. The van der Waals surface area contributed by atoms with Crippen LogP contribution in [0.15, 0.2) is 30.5 Å². The largest absolute Gasteiger partial charge is 0.480 e. The van der Waals surface area contributed by atoms with E-state index < -0.39 is 59.7 Å². The highest BCUT2D eigenvalue weighted by Crippen LogP contribution is 2.19. The minimum Gasteiger partial charge on any atom is -0.480 e. The van der Waals surface area contributed by atoms with Gasteiger partial charge < -0.3 is 43.2 Å². The lowest BCUT2D eigenvalue weighted by Crippen LogP contribution is -2.58. The first-order valence-corrected chi connectivity index (χ1v) is 13.3. The van der Waals surface area contributed by atoms with Crippen LogP contribution >= 0.6 is 0 Å². The molecule has 14 nitrogen and oxygen atoms in total. The number of fused-ring (bicyclic) bond motifs is 1. The molecule has 0 bridgehead atoms. The number of hydrogen-bond acceptors (Lipinski definition) is 7. The van der Waals surface area contributed by atoms with Crippen molar-refractivity contribution >= 4 is 46.4 Å². The highest BCUT2D eigenvalue weighted by molar-refractivity contribution is 5.95. The van der Waals surface area contributed by atoms with Gasteiger partial charge in [0.25, 0.3) is 0 Å². The number of carboxylic acids is 1. The molecular weight excluding hydrogens is 534 g/mol. The van der Waals surface area contributed by atoms with Gasteiger partial charge in [-0.25, -0.2) is 4.79 Å². The normalized spacial score (nSPS) is 14.7. The van der Waals surface area contributed by atoms with Gasteiger partial charge in [-0.15, -0.1) is 0 Å². The van der Waals surface area contributed by atoms with Crippen molar-refractivity contribution in [1.29, 1.82) is 0 Å². The lowest BCUT2D eigenvalue weighted by molar-refractivity contribution is -0.142.